The zero-order valence-corrected chi connectivity index (χ0v) is 17.6. The molecule has 6 nitrogen and oxygen atoms in total. The average molecular weight is 411 g/mol. The van der Waals surface area contributed by atoms with Crippen LogP contribution in [0.25, 0.3) is 5.69 Å². The van der Waals surface area contributed by atoms with E-state index in [1.54, 1.807) is 7.11 Å². The number of hydrogen-bond acceptors (Lipinski definition) is 5. The van der Waals surface area contributed by atoms with Crippen LogP contribution in [0.4, 0.5) is 0 Å². The van der Waals surface area contributed by atoms with Gasteiger partial charge in [0.1, 0.15) is 5.82 Å². The molecular weight excluding hydrogens is 384 g/mol. The standard InChI is InChI=1S/C22H26N4O2S/c1-17-8-6-11-19(14-17)26-20(15-18-9-4-3-5-10-18)24-25-22(26)29-16-21(27)23-12-7-13-28-2/h3-6,8-11,14H,7,12-13,15-16H2,1-2H3,(H,23,27). The number of carbonyl (C=O) groups is 1. The molecule has 0 aliphatic heterocycles. The number of nitrogens with one attached hydrogen (secondary N) is 1. The normalized spacial score (nSPS) is 10.8. The van der Waals surface area contributed by atoms with Crippen LogP contribution in [0.15, 0.2) is 59.8 Å². The lowest BCUT2D eigenvalue weighted by Crippen LogP contribution is -2.27. The van der Waals surface area contributed by atoms with Gasteiger partial charge in [0.15, 0.2) is 5.16 Å². The molecule has 0 atom stereocenters. The smallest absolute Gasteiger partial charge is 0.230 e. The summed E-state index contributed by atoms with van der Waals surface area (Å²) >= 11 is 1.40. The highest BCUT2D eigenvalue weighted by atomic mass is 32.2. The second kappa shape index (κ2) is 10.8. The van der Waals surface area contributed by atoms with Gasteiger partial charge in [0.05, 0.1) is 5.75 Å². The Kier molecular flexibility index (Phi) is 7.84. The van der Waals surface area contributed by atoms with E-state index in [0.717, 1.165) is 23.5 Å². The van der Waals surface area contributed by atoms with Crippen molar-refractivity contribution in [1.29, 1.82) is 0 Å². The summed E-state index contributed by atoms with van der Waals surface area (Å²) in [6.45, 7) is 3.31. The van der Waals surface area contributed by atoms with Crippen molar-refractivity contribution in [1.82, 2.24) is 20.1 Å². The molecule has 2 aromatic carbocycles. The number of thioether (sulfide) groups is 1. The minimum absolute atomic E-state index is 0.0190. The minimum atomic E-state index is -0.0190. The first-order valence-electron chi connectivity index (χ1n) is 9.61. The summed E-state index contributed by atoms with van der Waals surface area (Å²) in [6.07, 6.45) is 1.47. The van der Waals surface area contributed by atoms with Gasteiger partial charge in [-0.05, 0) is 36.6 Å². The molecule has 0 spiro atoms. The first kappa shape index (κ1) is 21.1. The van der Waals surface area contributed by atoms with Crippen LogP contribution in [0.2, 0.25) is 0 Å². The number of ether oxygens (including phenoxy) is 1. The van der Waals surface area contributed by atoms with Crippen molar-refractivity contribution in [3.8, 4) is 5.69 Å². The third-order valence-electron chi connectivity index (χ3n) is 4.35. The Hall–Kier alpha value is -2.64. The summed E-state index contributed by atoms with van der Waals surface area (Å²) in [4.78, 5) is 12.1. The quantitative estimate of drug-likeness (QED) is 0.410. The van der Waals surface area contributed by atoms with E-state index in [1.807, 2.05) is 34.9 Å². The largest absolute Gasteiger partial charge is 0.385 e. The van der Waals surface area contributed by atoms with Gasteiger partial charge in [-0.1, -0.05) is 54.2 Å². The fourth-order valence-corrected chi connectivity index (χ4v) is 3.74. The number of amides is 1. The van der Waals surface area contributed by atoms with Gasteiger partial charge in [-0.3, -0.25) is 9.36 Å². The van der Waals surface area contributed by atoms with Crippen LogP contribution in [0, 0.1) is 6.92 Å². The second-order valence-corrected chi connectivity index (χ2v) is 7.66. The number of hydrogen-bond donors (Lipinski definition) is 1. The fourth-order valence-electron chi connectivity index (χ4n) is 2.94. The Balaban J connectivity index is 1.77. The Labute approximate surface area is 175 Å². The van der Waals surface area contributed by atoms with E-state index in [1.165, 1.54) is 17.3 Å². The van der Waals surface area contributed by atoms with E-state index in [2.05, 4.69) is 46.7 Å². The lowest BCUT2D eigenvalue weighted by atomic mass is 10.1. The summed E-state index contributed by atoms with van der Waals surface area (Å²) in [7, 11) is 1.66. The Morgan fingerprint density at radius 1 is 1.14 bits per heavy atom. The summed E-state index contributed by atoms with van der Waals surface area (Å²) < 4.78 is 7.05. The minimum Gasteiger partial charge on any atom is -0.385 e. The van der Waals surface area contributed by atoms with Crippen LogP contribution in [0.3, 0.4) is 0 Å². The van der Waals surface area contributed by atoms with E-state index in [9.17, 15) is 4.79 Å². The number of aryl methyl sites for hydroxylation is 1. The lowest BCUT2D eigenvalue weighted by Gasteiger charge is -2.11. The van der Waals surface area contributed by atoms with Crippen molar-refractivity contribution < 1.29 is 9.53 Å². The van der Waals surface area contributed by atoms with Gasteiger partial charge >= 0.3 is 0 Å². The molecule has 1 N–H and O–H groups in total. The van der Waals surface area contributed by atoms with Gasteiger partial charge in [-0.25, -0.2) is 0 Å². The SMILES string of the molecule is COCCCNC(=O)CSc1nnc(Cc2ccccc2)n1-c1cccc(C)c1. The number of aromatic nitrogens is 3. The van der Waals surface area contributed by atoms with Gasteiger partial charge in [0.25, 0.3) is 0 Å². The van der Waals surface area contributed by atoms with Gasteiger partial charge < -0.3 is 10.1 Å². The highest BCUT2D eigenvalue weighted by molar-refractivity contribution is 7.99. The average Bonchev–Trinajstić information content (AvgIpc) is 3.13. The molecule has 1 aromatic heterocycles. The van der Waals surface area contributed by atoms with Crippen molar-refractivity contribution in [3.63, 3.8) is 0 Å². The number of benzene rings is 2. The monoisotopic (exact) mass is 410 g/mol. The Morgan fingerprint density at radius 3 is 2.72 bits per heavy atom. The van der Waals surface area contributed by atoms with Crippen LogP contribution < -0.4 is 5.32 Å². The van der Waals surface area contributed by atoms with Crippen LogP contribution in [0.5, 0.6) is 0 Å². The number of methoxy groups -OCH3 is 1. The van der Waals surface area contributed by atoms with Crippen LogP contribution in [0.1, 0.15) is 23.4 Å². The molecule has 1 amide bonds. The Bertz CT molecular complexity index is 928. The predicted octanol–water partition coefficient (Wildman–Crippen LogP) is 3.41. The molecule has 1 heterocycles. The molecule has 0 saturated carbocycles. The van der Waals surface area contributed by atoms with E-state index in [0.29, 0.717) is 30.5 Å². The predicted molar refractivity (Wildman–Crippen MR) is 116 cm³/mol. The lowest BCUT2D eigenvalue weighted by molar-refractivity contribution is -0.118. The molecule has 0 aliphatic carbocycles. The summed E-state index contributed by atoms with van der Waals surface area (Å²) in [6, 6.07) is 18.4. The van der Waals surface area contributed by atoms with Gasteiger partial charge in [-0.15, -0.1) is 10.2 Å². The number of rotatable bonds is 10. The van der Waals surface area contributed by atoms with E-state index in [-0.39, 0.29) is 5.91 Å². The first-order chi connectivity index (χ1) is 14.2. The summed E-state index contributed by atoms with van der Waals surface area (Å²) in [5, 5.41) is 12.4. The number of nitrogens with zero attached hydrogens (tertiary/aromatic N) is 3. The Morgan fingerprint density at radius 2 is 1.97 bits per heavy atom. The van der Waals surface area contributed by atoms with Gasteiger partial charge in [0, 0.05) is 32.4 Å². The third-order valence-corrected chi connectivity index (χ3v) is 5.27. The van der Waals surface area contributed by atoms with Gasteiger partial charge in [0.2, 0.25) is 5.91 Å². The maximum absolute atomic E-state index is 12.1. The molecule has 7 heteroatoms. The topological polar surface area (TPSA) is 69.0 Å². The molecule has 0 saturated heterocycles. The molecule has 0 unspecified atom stereocenters. The first-order valence-corrected chi connectivity index (χ1v) is 10.6. The zero-order chi connectivity index (χ0) is 20.5. The molecule has 0 aliphatic rings. The van der Waals surface area contributed by atoms with Crippen molar-refractivity contribution in [2.24, 2.45) is 0 Å². The van der Waals surface area contributed by atoms with E-state index < -0.39 is 0 Å². The fraction of sp³-hybridized carbons (Fsp3) is 0.318. The molecule has 152 valence electrons. The van der Waals surface area contributed by atoms with E-state index >= 15 is 0 Å². The highest BCUT2D eigenvalue weighted by Gasteiger charge is 2.16. The molecule has 29 heavy (non-hydrogen) atoms. The maximum Gasteiger partial charge on any atom is 0.230 e. The molecular formula is C22H26N4O2S. The van der Waals surface area contributed by atoms with Crippen LogP contribution in [-0.2, 0) is 16.0 Å². The van der Waals surface area contributed by atoms with Crippen LogP contribution >= 0.6 is 11.8 Å². The maximum atomic E-state index is 12.1. The van der Waals surface area contributed by atoms with Crippen molar-refractivity contribution in [3.05, 3.63) is 71.5 Å². The van der Waals surface area contributed by atoms with E-state index in [4.69, 9.17) is 4.74 Å². The molecule has 3 rings (SSSR count). The summed E-state index contributed by atoms with van der Waals surface area (Å²) in [5.74, 6) is 1.13. The van der Waals surface area contributed by atoms with Crippen LogP contribution in [-0.4, -0.2) is 46.7 Å². The second-order valence-electron chi connectivity index (χ2n) is 6.72. The van der Waals surface area contributed by atoms with Crippen molar-refractivity contribution in [2.75, 3.05) is 26.0 Å². The summed E-state index contributed by atoms with van der Waals surface area (Å²) in [5.41, 5.74) is 3.33. The van der Waals surface area contributed by atoms with Crippen molar-refractivity contribution >= 4 is 17.7 Å². The highest BCUT2D eigenvalue weighted by Crippen LogP contribution is 2.24. The molecule has 0 radical (unpaired) electrons. The molecule has 0 fully saturated rings. The molecule has 0 bridgehead atoms. The van der Waals surface area contributed by atoms with Gasteiger partial charge in [-0.2, -0.15) is 0 Å². The van der Waals surface area contributed by atoms with Crippen molar-refractivity contribution in [2.45, 2.75) is 24.9 Å². The number of carbonyl (C=O) groups excluding carboxylic acids is 1. The zero-order valence-electron chi connectivity index (χ0n) is 16.8. The molecule has 3 aromatic rings. The third kappa shape index (κ3) is 6.17.